The Morgan fingerprint density at radius 2 is 1.75 bits per heavy atom. The van der Waals surface area contributed by atoms with Crippen molar-refractivity contribution >= 4 is 0 Å². The molecule has 2 heteroatoms. The molecule has 1 rings (SSSR count). The number of nitrogens with one attached hydrogen (secondary N) is 1. The van der Waals surface area contributed by atoms with Crippen LogP contribution in [0, 0.1) is 22.2 Å². The molecule has 0 aromatic heterocycles. The summed E-state index contributed by atoms with van der Waals surface area (Å²) in [7, 11) is 0. The average molecular weight is 222 g/mol. The molecule has 0 aliphatic heterocycles. The lowest BCUT2D eigenvalue weighted by Crippen LogP contribution is -2.45. The summed E-state index contributed by atoms with van der Waals surface area (Å²) in [6.07, 6.45) is 4.31. The highest BCUT2D eigenvalue weighted by Crippen LogP contribution is 2.48. The van der Waals surface area contributed by atoms with Gasteiger partial charge >= 0.3 is 0 Å². The third-order valence-electron chi connectivity index (χ3n) is 3.33. The molecule has 0 atom stereocenters. The van der Waals surface area contributed by atoms with E-state index in [1.165, 1.54) is 12.8 Å². The Morgan fingerprint density at radius 1 is 1.19 bits per heavy atom. The molecule has 2 nitrogen and oxygen atoms in total. The van der Waals surface area contributed by atoms with E-state index >= 15 is 0 Å². The van der Waals surface area contributed by atoms with Crippen LogP contribution in [0.5, 0.6) is 0 Å². The predicted molar refractivity (Wildman–Crippen MR) is 68.1 cm³/mol. The highest BCUT2D eigenvalue weighted by Gasteiger charge is 2.43. The molecule has 1 aliphatic carbocycles. The van der Waals surface area contributed by atoms with Crippen LogP contribution < -0.4 is 5.32 Å². The third-order valence-corrected chi connectivity index (χ3v) is 3.33. The van der Waals surface area contributed by atoms with Crippen LogP contribution in [-0.2, 0) is 0 Å². The van der Waals surface area contributed by atoms with Crippen LogP contribution in [-0.4, -0.2) is 12.1 Å². The second-order valence-corrected chi connectivity index (χ2v) is 7.31. The summed E-state index contributed by atoms with van der Waals surface area (Å²) >= 11 is 0. The van der Waals surface area contributed by atoms with Crippen LogP contribution in [0.2, 0.25) is 0 Å². The van der Waals surface area contributed by atoms with E-state index in [2.05, 4.69) is 46.0 Å². The Morgan fingerprint density at radius 3 is 2.12 bits per heavy atom. The second-order valence-electron chi connectivity index (χ2n) is 7.31. The second kappa shape index (κ2) is 4.37. The maximum Gasteiger partial charge on any atom is 0.0628 e. The van der Waals surface area contributed by atoms with Crippen LogP contribution in [0.1, 0.15) is 60.3 Å². The summed E-state index contributed by atoms with van der Waals surface area (Å²) in [6.45, 7) is 12.4. The first kappa shape index (κ1) is 13.5. The lowest BCUT2D eigenvalue weighted by atomic mass is 9.81. The van der Waals surface area contributed by atoms with Gasteiger partial charge in [0.2, 0.25) is 0 Å². The molecular weight excluding hydrogens is 196 g/mol. The molecule has 92 valence electrons. The zero-order valence-corrected chi connectivity index (χ0v) is 11.5. The maximum absolute atomic E-state index is 8.78. The van der Waals surface area contributed by atoms with Gasteiger partial charge in [-0.3, -0.25) is 0 Å². The smallest absolute Gasteiger partial charge is 0.0628 e. The van der Waals surface area contributed by atoms with Crippen molar-refractivity contribution < 1.29 is 0 Å². The van der Waals surface area contributed by atoms with E-state index in [1.54, 1.807) is 0 Å². The topological polar surface area (TPSA) is 35.8 Å². The molecule has 0 saturated heterocycles. The van der Waals surface area contributed by atoms with Crippen molar-refractivity contribution in [3.05, 3.63) is 0 Å². The molecule has 0 spiro atoms. The SMILES string of the molecule is CC(C)(C)CC(C)(C)NCC1(CC#N)CC1. The van der Waals surface area contributed by atoms with Crippen LogP contribution in [0.4, 0.5) is 0 Å². The van der Waals surface area contributed by atoms with E-state index in [0.717, 1.165) is 13.0 Å². The zero-order valence-electron chi connectivity index (χ0n) is 11.5. The minimum absolute atomic E-state index is 0.170. The summed E-state index contributed by atoms with van der Waals surface area (Å²) in [5, 5.41) is 12.4. The monoisotopic (exact) mass is 222 g/mol. The summed E-state index contributed by atoms with van der Waals surface area (Å²) < 4.78 is 0. The Labute approximate surface area is 100 Å². The van der Waals surface area contributed by atoms with Crippen molar-refractivity contribution in [2.45, 2.75) is 65.8 Å². The van der Waals surface area contributed by atoms with Gasteiger partial charge in [-0.15, -0.1) is 0 Å². The summed E-state index contributed by atoms with van der Waals surface area (Å²) in [5.74, 6) is 0. The summed E-state index contributed by atoms with van der Waals surface area (Å²) in [4.78, 5) is 0. The minimum Gasteiger partial charge on any atom is -0.311 e. The van der Waals surface area contributed by atoms with Crippen molar-refractivity contribution in [2.24, 2.45) is 10.8 Å². The fraction of sp³-hybridized carbons (Fsp3) is 0.929. The Balaban J connectivity index is 2.40. The molecule has 1 aliphatic rings. The molecule has 0 aromatic carbocycles. The molecule has 1 fully saturated rings. The van der Waals surface area contributed by atoms with E-state index in [0.29, 0.717) is 17.3 Å². The first-order valence-corrected chi connectivity index (χ1v) is 6.30. The Bertz CT molecular complexity index is 274. The largest absolute Gasteiger partial charge is 0.311 e. The van der Waals surface area contributed by atoms with Crippen molar-refractivity contribution in [3.63, 3.8) is 0 Å². The van der Waals surface area contributed by atoms with Gasteiger partial charge < -0.3 is 5.32 Å². The van der Waals surface area contributed by atoms with Crippen molar-refractivity contribution in [2.75, 3.05) is 6.54 Å². The molecule has 1 saturated carbocycles. The molecule has 16 heavy (non-hydrogen) atoms. The molecular formula is C14H26N2. The van der Waals surface area contributed by atoms with Gasteiger partial charge in [0.15, 0.2) is 0 Å². The first-order valence-electron chi connectivity index (χ1n) is 6.30. The zero-order chi connectivity index (χ0) is 12.4. The quantitative estimate of drug-likeness (QED) is 0.773. The van der Waals surface area contributed by atoms with E-state index < -0.39 is 0 Å². The maximum atomic E-state index is 8.78. The fourth-order valence-electron chi connectivity index (χ4n) is 2.58. The first-order chi connectivity index (χ1) is 7.18. The van der Waals surface area contributed by atoms with Gasteiger partial charge in [0.1, 0.15) is 0 Å². The van der Waals surface area contributed by atoms with Gasteiger partial charge in [-0.05, 0) is 43.9 Å². The Hall–Kier alpha value is -0.550. The van der Waals surface area contributed by atoms with Gasteiger partial charge in [0.05, 0.1) is 6.07 Å². The molecule has 0 heterocycles. The van der Waals surface area contributed by atoms with E-state index in [1.807, 2.05) is 0 Å². The fourth-order valence-corrected chi connectivity index (χ4v) is 2.58. The normalized spacial score (nSPS) is 19.2. The molecule has 0 bridgehead atoms. The van der Waals surface area contributed by atoms with E-state index in [4.69, 9.17) is 5.26 Å². The molecule has 0 aromatic rings. The highest BCUT2D eigenvalue weighted by molar-refractivity contribution is 5.02. The van der Waals surface area contributed by atoms with Gasteiger partial charge in [-0.25, -0.2) is 0 Å². The standard InChI is InChI=1S/C14H26N2/c1-12(2,3)10-13(4,5)16-11-14(6-7-14)8-9-15/h16H,6-8,10-11H2,1-5H3. The minimum atomic E-state index is 0.170. The number of hydrogen-bond acceptors (Lipinski definition) is 2. The summed E-state index contributed by atoms with van der Waals surface area (Å²) in [5.41, 5.74) is 0.829. The van der Waals surface area contributed by atoms with Crippen LogP contribution >= 0.6 is 0 Å². The van der Waals surface area contributed by atoms with E-state index in [9.17, 15) is 0 Å². The number of nitrogens with zero attached hydrogens (tertiary/aromatic N) is 1. The van der Waals surface area contributed by atoms with Crippen molar-refractivity contribution in [1.29, 1.82) is 5.26 Å². The average Bonchev–Trinajstić information content (AvgIpc) is 2.79. The molecule has 0 radical (unpaired) electrons. The van der Waals surface area contributed by atoms with Crippen LogP contribution in [0.15, 0.2) is 0 Å². The number of hydrogen-bond donors (Lipinski definition) is 1. The van der Waals surface area contributed by atoms with Crippen LogP contribution in [0.3, 0.4) is 0 Å². The predicted octanol–water partition coefficient (Wildman–Crippen LogP) is 3.48. The third kappa shape index (κ3) is 4.53. The lowest BCUT2D eigenvalue weighted by Gasteiger charge is -2.34. The molecule has 0 unspecified atom stereocenters. The van der Waals surface area contributed by atoms with Gasteiger partial charge in [0, 0.05) is 18.5 Å². The number of nitriles is 1. The van der Waals surface area contributed by atoms with Gasteiger partial charge in [-0.1, -0.05) is 20.8 Å². The van der Waals surface area contributed by atoms with Gasteiger partial charge in [-0.2, -0.15) is 5.26 Å². The number of rotatable bonds is 5. The van der Waals surface area contributed by atoms with Crippen LogP contribution in [0.25, 0.3) is 0 Å². The van der Waals surface area contributed by atoms with Gasteiger partial charge in [0.25, 0.3) is 0 Å². The molecule has 0 amide bonds. The molecule has 1 N–H and O–H groups in total. The Kier molecular flexibility index (Phi) is 3.69. The van der Waals surface area contributed by atoms with Crippen molar-refractivity contribution in [1.82, 2.24) is 5.32 Å². The van der Waals surface area contributed by atoms with E-state index in [-0.39, 0.29) is 5.54 Å². The van der Waals surface area contributed by atoms with Crippen molar-refractivity contribution in [3.8, 4) is 6.07 Å². The summed E-state index contributed by atoms with van der Waals surface area (Å²) in [6, 6.07) is 2.31. The highest BCUT2D eigenvalue weighted by atomic mass is 15.0. The lowest BCUT2D eigenvalue weighted by molar-refractivity contribution is 0.229.